The maximum absolute atomic E-state index is 12.8. The molecular weight excluding hydrogens is 383 g/mol. The number of aldehydes is 1. The highest BCUT2D eigenvalue weighted by Gasteiger charge is 2.31. The van der Waals surface area contributed by atoms with Crippen LogP contribution in [0.2, 0.25) is 0 Å². The first-order valence-electron chi connectivity index (χ1n) is 9.67. The van der Waals surface area contributed by atoms with Crippen LogP contribution >= 0.6 is 0 Å². The van der Waals surface area contributed by atoms with E-state index >= 15 is 0 Å². The van der Waals surface area contributed by atoms with Crippen molar-refractivity contribution in [3.05, 3.63) is 41.1 Å². The van der Waals surface area contributed by atoms with Gasteiger partial charge in [0.2, 0.25) is 0 Å². The minimum Gasteiger partial charge on any atom is -0.507 e. The number of halogens is 3. The number of hydrogen-bond acceptors (Lipinski definition) is 5. The van der Waals surface area contributed by atoms with Crippen LogP contribution in [0, 0.1) is 12.8 Å². The third-order valence-electron chi connectivity index (χ3n) is 5.28. The van der Waals surface area contributed by atoms with E-state index in [1.807, 2.05) is 13.0 Å². The van der Waals surface area contributed by atoms with Crippen molar-refractivity contribution in [1.82, 2.24) is 15.1 Å². The van der Waals surface area contributed by atoms with Crippen LogP contribution in [0.25, 0.3) is 11.3 Å². The van der Waals surface area contributed by atoms with Gasteiger partial charge >= 0.3 is 6.18 Å². The summed E-state index contributed by atoms with van der Waals surface area (Å²) >= 11 is 0. The number of nitrogens with zero attached hydrogens (tertiary/aromatic N) is 3. The summed E-state index contributed by atoms with van der Waals surface area (Å²) in [6, 6.07) is 4.74. The molecule has 1 aromatic heterocycles. The van der Waals surface area contributed by atoms with E-state index in [0.29, 0.717) is 24.1 Å². The maximum Gasteiger partial charge on any atom is 0.416 e. The van der Waals surface area contributed by atoms with Crippen LogP contribution in [0.4, 0.5) is 13.2 Å². The van der Waals surface area contributed by atoms with E-state index in [9.17, 15) is 23.1 Å². The molecule has 0 saturated carbocycles. The van der Waals surface area contributed by atoms with Crippen LogP contribution in [0.5, 0.6) is 5.75 Å². The van der Waals surface area contributed by atoms with Gasteiger partial charge in [-0.25, -0.2) is 0 Å². The van der Waals surface area contributed by atoms with Gasteiger partial charge in [0.15, 0.2) is 0 Å². The summed E-state index contributed by atoms with van der Waals surface area (Å²) in [4.78, 5) is 12.9. The van der Waals surface area contributed by atoms with Crippen molar-refractivity contribution in [2.24, 2.45) is 5.92 Å². The SMILES string of the molecule is Cc1cc(CC2CCCN(CCC=O)C2)nnc1-c1ccc(C(F)(F)F)cc1O. The molecule has 1 fully saturated rings. The highest BCUT2D eigenvalue weighted by Crippen LogP contribution is 2.36. The first kappa shape index (κ1) is 21.2. The average molecular weight is 407 g/mol. The lowest BCUT2D eigenvalue weighted by atomic mass is 9.92. The summed E-state index contributed by atoms with van der Waals surface area (Å²) in [6.45, 7) is 4.50. The molecule has 1 aromatic carbocycles. The van der Waals surface area contributed by atoms with E-state index in [0.717, 1.165) is 62.5 Å². The third-order valence-corrected chi connectivity index (χ3v) is 5.28. The van der Waals surface area contributed by atoms with Crippen LogP contribution in [0.3, 0.4) is 0 Å². The lowest BCUT2D eigenvalue weighted by molar-refractivity contribution is -0.137. The van der Waals surface area contributed by atoms with E-state index < -0.39 is 17.5 Å². The van der Waals surface area contributed by atoms with E-state index in [1.165, 1.54) is 6.07 Å². The molecule has 1 atom stereocenters. The zero-order valence-corrected chi connectivity index (χ0v) is 16.2. The summed E-state index contributed by atoms with van der Waals surface area (Å²) < 4.78 is 38.4. The van der Waals surface area contributed by atoms with Gasteiger partial charge in [-0.1, -0.05) is 0 Å². The van der Waals surface area contributed by atoms with Crippen LogP contribution in [0.15, 0.2) is 24.3 Å². The highest BCUT2D eigenvalue weighted by atomic mass is 19.4. The number of phenols is 1. The maximum atomic E-state index is 12.8. The van der Waals surface area contributed by atoms with Gasteiger partial charge in [0.25, 0.3) is 0 Å². The Bertz CT molecular complexity index is 871. The zero-order valence-electron chi connectivity index (χ0n) is 16.2. The number of phenolic OH excluding ortho intramolecular Hbond substituents is 1. The summed E-state index contributed by atoms with van der Waals surface area (Å²) in [6.07, 6.45) is -0.122. The number of alkyl halides is 3. The van der Waals surface area contributed by atoms with Crippen molar-refractivity contribution in [2.45, 2.75) is 38.8 Å². The predicted octanol–water partition coefficient (Wildman–Crippen LogP) is 4.02. The Morgan fingerprint density at radius 1 is 1.28 bits per heavy atom. The van der Waals surface area contributed by atoms with Crippen molar-refractivity contribution in [3.8, 4) is 17.0 Å². The molecule has 0 amide bonds. The Labute approximate surface area is 167 Å². The number of aryl methyl sites for hydroxylation is 1. The van der Waals surface area contributed by atoms with Crippen molar-refractivity contribution >= 4 is 6.29 Å². The molecule has 2 heterocycles. The number of carbonyl (C=O) groups is 1. The summed E-state index contributed by atoms with van der Waals surface area (Å²) in [7, 11) is 0. The third kappa shape index (κ3) is 5.32. The number of piperidine rings is 1. The minimum atomic E-state index is -4.51. The van der Waals surface area contributed by atoms with Crippen LogP contribution in [-0.4, -0.2) is 46.1 Å². The standard InChI is InChI=1S/C21H24F3N3O2/c1-14-10-17(11-15-4-2-7-27(13-15)8-3-9-28)25-26-20(14)18-6-5-16(12-19(18)29)21(22,23)24/h5-6,9-10,12,15,29H,2-4,7-8,11,13H2,1H3. The monoisotopic (exact) mass is 407 g/mol. The van der Waals surface area contributed by atoms with E-state index in [1.54, 1.807) is 0 Å². The molecule has 0 spiro atoms. The molecule has 1 saturated heterocycles. The molecule has 3 rings (SSSR count). The molecule has 1 N–H and O–H groups in total. The second-order valence-corrected chi connectivity index (χ2v) is 7.57. The number of benzene rings is 1. The molecule has 5 nitrogen and oxygen atoms in total. The fourth-order valence-corrected chi connectivity index (χ4v) is 3.87. The fourth-order valence-electron chi connectivity index (χ4n) is 3.87. The number of aromatic nitrogens is 2. The van der Waals surface area contributed by atoms with Crippen molar-refractivity contribution < 1.29 is 23.1 Å². The number of carbonyl (C=O) groups excluding carboxylic acids is 1. The molecule has 0 radical (unpaired) electrons. The van der Waals surface area contributed by atoms with Gasteiger partial charge in [0.05, 0.1) is 17.0 Å². The van der Waals surface area contributed by atoms with Crippen molar-refractivity contribution in [3.63, 3.8) is 0 Å². The van der Waals surface area contributed by atoms with Crippen LogP contribution in [0.1, 0.15) is 36.1 Å². The molecular formula is C21H24F3N3O2. The molecule has 156 valence electrons. The topological polar surface area (TPSA) is 66.3 Å². The summed E-state index contributed by atoms with van der Waals surface area (Å²) in [5, 5.41) is 18.5. The molecule has 0 aliphatic carbocycles. The largest absolute Gasteiger partial charge is 0.507 e. The van der Waals surface area contributed by atoms with Crippen LogP contribution < -0.4 is 0 Å². The molecule has 1 unspecified atom stereocenters. The van der Waals surface area contributed by atoms with E-state index in [2.05, 4.69) is 15.1 Å². The molecule has 1 aliphatic rings. The second kappa shape index (κ2) is 8.90. The quantitative estimate of drug-likeness (QED) is 0.733. The second-order valence-electron chi connectivity index (χ2n) is 7.57. The minimum absolute atomic E-state index is 0.229. The average Bonchev–Trinajstić information content (AvgIpc) is 2.66. The van der Waals surface area contributed by atoms with Gasteiger partial charge in [-0.2, -0.15) is 18.3 Å². The van der Waals surface area contributed by atoms with Gasteiger partial charge in [-0.05, 0) is 68.5 Å². The van der Waals surface area contributed by atoms with Crippen LogP contribution in [-0.2, 0) is 17.4 Å². The lowest BCUT2D eigenvalue weighted by Gasteiger charge is -2.32. The van der Waals surface area contributed by atoms with Gasteiger partial charge in [0, 0.05) is 25.1 Å². The lowest BCUT2D eigenvalue weighted by Crippen LogP contribution is -2.37. The van der Waals surface area contributed by atoms with Gasteiger partial charge in [0.1, 0.15) is 12.0 Å². The first-order chi connectivity index (χ1) is 13.8. The van der Waals surface area contributed by atoms with Crippen molar-refractivity contribution in [2.75, 3.05) is 19.6 Å². The summed E-state index contributed by atoms with van der Waals surface area (Å²) in [5.74, 6) is -0.0440. The zero-order chi connectivity index (χ0) is 21.0. The van der Waals surface area contributed by atoms with Crippen molar-refractivity contribution in [1.29, 1.82) is 0 Å². The molecule has 0 bridgehead atoms. The number of aromatic hydroxyl groups is 1. The van der Waals surface area contributed by atoms with E-state index in [4.69, 9.17) is 0 Å². The van der Waals surface area contributed by atoms with Gasteiger partial charge < -0.3 is 14.8 Å². The first-order valence-corrected chi connectivity index (χ1v) is 9.67. The summed E-state index contributed by atoms with van der Waals surface area (Å²) in [5.41, 5.74) is 1.26. The smallest absolute Gasteiger partial charge is 0.416 e. The number of hydrogen-bond donors (Lipinski definition) is 1. The highest BCUT2D eigenvalue weighted by molar-refractivity contribution is 5.69. The van der Waals surface area contributed by atoms with Gasteiger partial charge in [-0.3, -0.25) is 0 Å². The van der Waals surface area contributed by atoms with E-state index in [-0.39, 0.29) is 5.56 Å². The molecule has 29 heavy (non-hydrogen) atoms. The Hall–Kier alpha value is -2.48. The molecule has 2 aromatic rings. The Morgan fingerprint density at radius 2 is 2.07 bits per heavy atom. The predicted molar refractivity (Wildman–Crippen MR) is 102 cm³/mol. The number of rotatable bonds is 6. The Kier molecular flexibility index (Phi) is 6.52. The normalized spacial score (nSPS) is 18.0. The Morgan fingerprint density at radius 3 is 2.72 bits per heavy atom. The number of likely N-dealkylation sites (tertiary alicyclic amines) is 1. The fraction of sp³-hybridized carbons (Fsp3) is 0.476. The molecule has 1 aliphatic heterocycles. The van der Waals surface area contributed by atoms with Gasteiger partial charge in [-0.15, -0.1) is 5.10 Å². The Balaban J connectivity index is 1.73. The molecule has 8 heteroatoms.